The average Bonchev–Trinajstić information content (AvgIpc) is 3.37. The van der Waals surface area contributed by atoms with Gasteiger partial charge in [0.1, 0.15) is 29.1 Å². The van der Waals surface area contributed by atoms with Crippen LogP contribution in [0.3, 0.4) is 0 Å². The number of thioether (sulfide) groups is 1. The summed E-state index contributed by atoms with van der Waals surface area (Å²) in [4.78, 5) is 49.8. The number of amides is 3. The summed E-state index contributed by atoms with van der Waals surface area (Å²) in [5.41, 5.74) is 2.69. The van der Waals surface area contributed by atoms with Crippen molar-refractivity contribution < 1.29 is 28.6 Å². The number of nitrogens with one attached hydrogen (secondary N) is 2. The summed E-state index contributed by atoms with van der Waals surface area (Å²) in [7, 11) is 4.64. The summed E-state index contributed by atoms with van der Waals surface area (Å²) < 4.78 is 16.0. The zero-order valence-corrected chi connectivity index (χ0v) is 24.8. The fraction of sp³-hybridized carbons (Fsp3) is 0.258. The minimum Gasteiger partial charge on any atom is -0.497 e. The van der Waals surface area contributed by atoms with E-state index in [1.165, 1.54) is 18.9 Å². The molecular weight excluding hydrogens is 570 g/mol. The van der Waals surface area contributed by atoms with E-state index in [2.05, 4.69) is 15.6 Å². The molecule has 0 saturated carbocycles. The smallest absolute Gasteiger partial charge is 0.270 e. The molecule has 0 bridgehead atoms. The number of carbonyl (C=O) groups is 3. The van der Waals surface area contributed by atoms with Crippen LogP contribution in [0.15, 0.2) is 76.7 Å². The average molecular weight is 602 g/mol. The zero-order valence-electron chi connectivity index (χ0n) is 24.0. The van der Waals surface area contributed by atoms with E-state index in [0.29, 0.717) is 51.7 Å². The van der Waals surface area contributed by atoms with Crippen LogP contribution in [0.4, 0.5) is 11.4 Å². The van der Waals surface area contributed by atoms with Gasteiger partial charge in [0, 0.05) is 30.2 Å². The number of fused-ring (bicyclic) bond motifs is 3. The summed E-state index contributed by atoms with van der Waals surface area (Å²) in [5, 5.41) is 6.21. The van der Waals surface area contributed by atoms with Gasteiger partial charge in [0.15, 0.2) is 5.17 Å². The number of amidine groups is 2. The number of hydrogen-bond acceptors (Lipinski definition) is 9. The monoisotopic (exact) mass is 601 g/mol. The lowest BCUT2D eigenvalue weighted by Gasteiger charge is -2.31. The van der Waals surface area contributed by atoms with Gasteiger partial charge in [-0.25, -0.2) is 4.99 Å². The molecule has 3 aromatic rings. The first kappa shape index (κ1) is 29.6. The predicted octanol–water partition coefficient (Wildman–Crippen LogP) is 4.14. The van der Waals surface area contributed by atoms with Crippen LogP contribution in [0, 0.1) is 0 Å². The third-order valence-electron chi connectivity index (χ3n) is 6.93. The Bertz CT molecular complexity index is 1610. The van der Waals surface area contributed by atoms with E-state index in [9.17, 15) is 14.4 Å². The van der Waals surface area contributed by atoms with Crippen molar-refractivity contribution in [2.45, 2.75) is 25.4 Å². The van der Waals surface area contributed by atoms with Crippen molar-refractivity contribution in [2.24, 2.45) is 9.98 Å². The number of nitrogens with zero attached hydrogens (tertiary/aromatic N) is 3. The van der Waals surface area contributed by atoms with Crippen molar-refractivity contribution in [3.63, 3.8) is 0 Å². The number of methoxy groups -OCH3 is 3. The van der Waals surface area contributed by atoms with Crippen LogP contribution in [0.1, 0.15) is 24.0 Å². The Hall–Kier alpha value is -4.84. The van der Waals surface area contributed by atoms with Crippen LogP contribution in [0.25, 0.3) is 0 Å². The Balaban J connectivity index is 1.28. The molecule has 5 rings (SSSR count). The second-order valence-corrected chi connectivity index (χ2v) is 10.5. The Morgan fingerprint density at radius 1 is 0.907 bits per heavy atom. The van der Waals surface area contributed by atoms with E-state index in [4.69, 9.17) is 19.2 Å². The highest BCUT2D eigenvalue weighted by Gasteiger charge is 2.41. The van der Waals surface area contributed by atoms with Crippen molar-refractivity contribution >= 4 is 51.9 Å². The minimum atomic E-state index is -0.729. The molecule has 43 heavy (non-hydrogen) atoms. The lowest BCUT2D eigenvalue weighted by Crippen LogP contribution is -2.44. The van der Waals surface area contributed by atoms with Crippen molar-refractivity contribution in [1.29, 1.82) is 0 Å². The molecule has 222 valence electrons. The number of rotatable bonds is 11. The van der Waals surface area contributed by atoms with Gasteiger partial charge in [0.05, 0.1) is 38.5 Å². The zero-order chi connectivity index (χ0) is 30.3. The van der Waals surface area contributed by atoms with E-state index < -0.39 is 6.04 Å². The quantitative estimate of drug-likeness (QED) is 0.335. The number of para-hydroxylation sites is 2. The van der Waals surface area contributed by atoms with Crippen molar-refractivity contribution in [3.05, 3.63) is 77.9 Å². The van der Waals surface area contributed by atoms with Gasteiger partial charge in [-0.3, -0.25) is 19.3 Å². The van der Waals surface area contributed by atoms with E-state index in [0.717, 1.165) is 5.56 Å². The third-order valence-corrected chi connectivity index (χ3v) is 7.89. The van der Waals surface area contributed by atoms with Gasteiger partial charge in [-0.1, -0.05) is 42.1 Å². The van der Waals surface area contributed by atoms with E-state index in [1.54, 1.807) is 37.3 Å². The number of hydrogen-bond donors (Lipinski definition) is 2. The lowest BCUT2D eigenvalue weighted by atomic mass is 10.1. The molecule has 1 atom stereocenters. The Morgan fingerprint density at radius 2 is 1.67 bits per heavy atom. The molecule has 0 saturated heterocycles. The fourth-order valence-corrected chi connectivity index (χ4v) is 5.65. The van der Waals surface area contributed by atoms with Gasteiger partial charge in [-0.2, -0.15) is 4.99 Å². The Kier molecular flexibility index (Phi) is 9.26. The van der Waals surface area contributed by atoms with Crippen LogP contribution in [-0.2, 0) is 20.9 Å². The summed E-state index contributed by atoms with van der Waals surface area (Å²) in [6.07, 6.45) is 0.319. The van der Waals surface area contributed by atoms with Gasteiger partial charge in [-0.15, -0.1) is 0 Å². The molecule has 0 aromatic heterocycles. The molecule has 2 heterocycles. The van der Waals surface area contributed by atoms with E-state index in [-0.39, 0.29) is 36.3 Å². The molecule has 3 amide bonds. The maximum atomic E-state index is 13.1. The first-order valence-corrected chi connectivity index (χ1v) is 14.5. The molecule has 0 fully saturated rings. The first-order chi connectivity index (χ1) is 20.9. The molecule has 0 radical (unpaired) electrons. The maximum absolute atomic E-state index is 13.1. The highest BCUT2D eigenvalue weighted by molar-refractivity contribution is 8.14. The number of anilines is 1. The first-order valence-electron chi connectivity index (χ1n) is 13.5. The number of benzene rings is 3. The molecule has 11 nitrogen and oxygen atoms in total. The molecule has 1 unspecified atom stereocenters. The molecule has 3 aromatic carbocycles. The largest absolute Gasteiger partial charge is 0.497 e. The fourth-order valence-electron chi connectivity index (χ4n) is 4.80. The van der Waals surface area contributed by atoms with Gasteiger partial charge in [-0.05, 0) is 36.8 Å². The molecule has 12 heteroatoms. The molecule has 2 aliphatic heterocycles. The highest BCUT2D eigenvalue weighted by Crippen LogP contribution is 2.35. The van der Waals surface area contributed by atoms with Crippen molar-refractivity contribution in [3.8, 4) is 17.2 Å². The molecule has 2 aliphatic rings. The van der Waals surface area contributed by atoms with Crippen LogP contribution in [0.5, 0.6) is 17.2 Å². The maximum Gasteiger partial charge on any atom is 0.270 e. The van der Waals surface area contributed by atoms with Gasteiger partial charge in [0.25, 0.3) is 5.91 Å². The SMILES string of the molecule is COc1ccc(OC)c(NC(=O)CSC2=Nc3ccccc3C3=NC(=O)C(CCC(=O)NCc4ccccc4OC)N23)c1. The van der Waals surface area contributed by atoms with Crippen molar-refractivity contribution in [2.75, 3.05) is 32.4 Å². The van der Waals surface area contributed by atoms with Gasteiger partial charge < -0.3 is 24.8 Å². The second-order valence-electron chi connectivity index (χ2n) is 9.60. The molecule has 0 spiro atoms. The summed E-state index contributed by atoms with van der Waals surface area (Å²) in [5.74, 6) is 1.36. The Morgan fingerprint density at radius 3 is 2.47 bits per heavy atom. The van der Waals surface area contributed by atoms with E-state index in [1.807, 2.05) is 48.5 Å². The normalized spacial score (nSPS) is 15.1. The third kappa shape index (κ3) is 6.64. The van der Waals surface area contributed by atoms with Crippen molar-refractivity contribution in [1.82, 2.24) is 10.2 Å². The van der Waals surface area contributed by atoms with Crippen LogP contribution in [-0.4, -0.2) is 66.7 Å². The van der Waals surface area contributed by atoms with Crippen LogP contribution < -0.4 is 24.8 Å². The summed E-state index contributed by atoms with van der Waals surface area (Å²) >= 11 is 1.18. The minimum absolute atomic E-state index is 0.00541. The van der Waals surface area contributed by atoms with Gasteiger partial charge in [0.2, 0.25) is 11.8 Å². The van der Waals surface area contributed by atoms with E-state index >= 15 is 0 Å². The standard InChI is InChI=1S/C31H31N5O6S/c1-40-20-12-14-26(42-3)23(16-20)33-28(38)18-43-31-34-22-10-6-5-9-21(22)29-35-30(39)24(36(29)31)13-15-27(37)32-17-19-8-4-7-11-25(19)41-2/h4-12,14,16,24H,13,15,17-18H2,1-3H3,(H,32,37)(H,33,38). The number of aliphatic imine (C=N–C) groups is 2. The predicted molar refractivity (Wildman–Crippen MR) is 165 cm³/mol. The highest BCUT2D eigenvalue weighted by atomic mass is 32.2. The lowest BCUT2D eigenvalue weighted by molar-refractivity contribution is -0.122. The topological polar surface area (TPSA) is 131 Å². The number of carbonyl (C=O) groups excluding carboxylic acids is 3. The van der Waals surface area contributed by atoms with Gasteiger partial charge >= 0.3 is 0 Å². The molecular formula is C31H31N5O6S. The summed E-state index contributed by atoms with van der Waals surface area (Å²) in [6, 6.07) is 19.2. The van der Waals surface area contributed by atoms with Crippen LogP contribution in [0.2, 0.25) is 0 Å². The number of ether oxygens (including phenoxy) is 3. The molecule has 2 N–H and O–H groups in total. The Labute approximate surface area is 253 Å². The summed E-state index contributed by atoms with van der Waals surface area (Å²) in [6.45, 7) is 0.302. The van der Waals surface area contributed by atoms with Crippen LogP contribution >= 0.6 is 11.8 Å². The molecule has 0 aliphatic carbocycles. The second kappa shape index (κ2) is 13.4.